The van der Waals surface area contributed by atoms with Crippen LogP contribution in [-0.2, 0) is 9.59 Å². The zero-order valence-corrected chi connectivity index (χ0v) is 23.2. The van der Waals surface area contributed by atoms with Crippen LogP contribution in [0.25, 0.3) is 0 Å². The number of aldehydes is 1. The topological polar surface area (TPSA) is 57.9 Å². The van der Waals surface area contributed by atoms with E-state index in [9.17, 15) is 14.9 Å². The van der Waals surface area contributed by atoms with Crippen LogP contribution >= 0.6 is 0 Å². The smallest absolute Gasteiger partial charge is 0.178 e. The lowest BCUT2D eigenvalue weighted by Crippen LogP contribution is -2.56. The number of rotatable bonds is 4. The lowest BCUT2D eigenvalue weighted by Gasteiger charge is -2.63. The Balaban J connectivity index is 2.00. The third-order valence-electron chi connectivity index (χ3n) is 10.7. The number of nitrogens with zero attached hydrogens (tertiary/aromatic N) is 1. The first kappa shape index (κ1) is 26.9. The molecule has 0 aromatic rings. The molecule has 2 fully saturated rings. The number of Topliss-reactive ketones (excluding diaryl/α,β-unsaturated/α-hetero) is 1. The number of hydrogen-bond donors (Lipinski definition) is 0. The summed E-state index contributed by atoms with van der Waals surface area (Å²) in [5, 5.41) is 9.78. The van der Waals surface area contributed by atoms with Crippen LogP contribution in [-0.4, -0.2) is 12.1 Å². The summed E-state index contributed by atoms with van der Waals surface area (Å²) in [5.74, 6) is 0.0399. The van der Waals surface area contributed by atoms with Crippen LogP contribution in [0.5, 0.6) is 0 Å². The number of allylic oxidation sites excluding steroid dienone is 4. The van der Waals surface area contributed by atoms with Crippen molar-refractivity contribution < 1.29 is 9.59 Å². The summed E-state index contributed by atoms with van der Waals surface area (Å²) < 4.78 is 0. The minimum absolute atomic E-state index is 0.0509. The fraction of sp³-hybridized carbons (Fsp3) is 0.774. The van der Waals surface area contributed by atoms with Gasteiger partial charge in [-0.25, -0.2) is 0 Å². The minimum Gasteiger partial charge on any atom is -0.299 e. The maximum Gasteiger partial charge on any atom is 0.178 e. The van der Waals surface area contributed by atoms with E-state index in [0.717, 1.165) is 37.5 Å². The number of carbonyl (C=O) groups excluding carboxylic acids is 2. The molecule has 0 radical (unpaired) electrons. The Labute approximate surface area is 208 Å². The second kappa shape index (κ2) is 8.46. The molecule has 3 atom stereocenters. The molecule has 0 saturated heterocycles. The second-order valence-corrected chi connectivity index (χ2v) is 14.6. The number of fused-ring (bicyclic) bond motifs is 1. The zero-order chi connectivity index (χ0) is 25.8. The van der Waals surface area contributed by atoms with Crippen LogP contribution in [0.15, 0.2) is 23.3 Å². The highest BCUT2D eigenvalue weighted by Gasteiger charge is 2.62. The van der Waals surface area contributed by atoms with Gasteiger partial charge in [0.2, 0.25) is 0 Å². The van der Waals surface area contributed by atoms with Crippen LogP contribution in [0.1, 0.15) is 114 Å². The first-order valence-electron chi connectivity index (χ1n) is 13.3. The van der Waals surface area contributed by atoms with Crippen molar-refractivity contribution >= 4 is 12.1 Å². The Bertz CT molecular complexity index is 945. The monoisotopic (exact) mass is 465 g/mol. The molecule has 3 heteroatoms. The van der Waals surface area contributed by atoms with Crippen LogP contribution in [0.2, 0.25) is 0 Å². The van der Waals surface area contributed by atoms with Crippen LogP contribution in [0.3, 0.4) is 0 Å². The molecule has 0 aromatic heterocycles. The Kier molecular flexibility index (Phi) is 6.70. The number of ketones is 1. The first-order chi connectivity index (χ1) is 15.5. The molecule has 0 bridgehead atoms. The quantitative estimate of drug-likeness (QED) is 0.312. The third kappa shape index (κ3) is 4.25. The molecular formula is C31H47NO2. The van der Waals surface area contributed by atoms with Crippen molar-refractivity contribution in [2.24, 2.45) is 38.4 Å². The van der Waals surface area contributed by atoms with Crippen molar-refractivity contribution in [3.05, 3.63) is 23.3 Å². The van der Waals surface area contributed by atoms with E-state index < -0.39 is 10.8 Å². The molecule has 0 aliphatic heterocycles. The Morgan fingerprint density at radius 2 is 1.62 bits per heavy atom. The summed E-state index contributed by atoms with van der Waals surface area (Å²) in [6.45, 7) is 20.4. The highest BCUT2D eigenvalue weighted by Crippen LogP contribution is 2.69. The fourth-order valence-corrected chi connectivity index (χ4v) is 7.83. The lowest BCUT2D eigenvalue weighted by molar-refractivity contribution is -0.132. The van der Waals surface area contributed by atoms with Gasteiger partial charge in [-0.1, -0.05) is 74.0 Å². The second-order valence-electron chi connectivity index (χ2n) is 14.6. The lowest BCUT2D eigenvalue weighted by atomic mass is 9.40. The highest BCUT2D eigenvalue weighted by molar-refractivity contribution is 6.04. The molecule has 0 amide bonds. The van der Waals surface area contributed by atoms with E-state index in [1.54, 1.807) is 6.08 Å². The molecule has 0 spiro atoms. The Hall–Kier alpha value is -1.69. The average molecular weight is 466 g/mol. The molecule has 34 heavy (non-hydrogen) atoms. The minimum atomic E-state index is -0.614. The van der Waals surface area contributed by atoms with Gasteiger partial charge in [0.05, 0.1) is 5.57 Å². The maximum absolute atomic E-state index is 13.1. The van der Waals surface area contributed by atoms with Gasteiger partial charge in [-0.2, -0.15) is 5.26 Å². The molecule has 2 saturated carbocycles. The van der Waals surface area contributed by atoms with Crippen molar-refractivity contribution in [1.82, 2.24) is 0 Å². The van der Waals surface area contributed by atoms with Gasteiger partial charge in [0.25, 0.3) is 0 Å². The first-order valence-corrected chi connectivity index (χ1v) is 13.3. The van der Waals surface area contributed by atoms with E-state index in [1.165, 1.54) is 25.7 Å². The molecule has 0 heterocycles. The molecule has 3 aliphatic rings. The third-order valence-corrected chi connectivity index (χ3v) is 10.7. The fourth-order valence-electron chi connectivity index (χ4n) is 7.83. The van der Waals surface area contributed by atoms with E-state index in [2.05, 4.69) is 54.5 Å². The number of nitriles is 1. The van der Waals surface area contributed by atoms with Crippen molar-refractivity contribution in [2.75, 3.05) is 0 Å². The molecule has 3 nitrogen and oxygen atoms in total. The maximum atomic E-state index is 13.1. The van der Waals surface area contributed by atoms with Crippen molar-refractivity contribution in [2.45, 2.75) is 114 Å². The van der Waals surface area contributed by atoms with E-state index in [4.69, 9.17) is 0 Å². The van der Waals surface area contributed by atoms with Gasteiger partial charge in [-0.15, -0.1) is 0 Å². The van der Waals surface area contributed by atoms with Gasteiger partial charge in [0.1, 0.15) is 12.4 Å². The summed E-state index contributed by atoms with van der Waals surface area (Å²) in [5.41, 5.74) is 1.00. The van der Waals surface area contributed by atoms with Gasteiger partial charge in [0.15, 0.2) is 5.78 Å². The predicted molar refractivity (Wildman–Crippen MR) is 139 cm³/mol. The van der Waals surface area contributed by atoms with Gasteiger partial charge < -0.3 is 0 Å². The normalized spacial score (nSPS) is 41.4. The van der Waals surface area contributed by atoms with Gasteiger partial charge in [-0.3, -0.25) is 9.59 Å². The van der Waals surface area contributed by atoms with Crippen molar-refractivity contribution in [1.29, 1.82) is 5.26 Å². The Morgan fingerprint density at radius 1 is 1.03 bits per heavy atom. The summed E-state index contributed by atoms with van der Waals surface area (Å²) in [6.07, 6.45) is 13.8. The molecule has 3 rings (SSSR count). The Morgan fingerprint density at radius 3 is 2.12 bits per heavy atom. The SMILES string of the molecule is CC(C)(C)CCC1(C)CCC(C)(C2(C)CCC3C(C)(C)C(=O)C(C#N)=CC3(C)/C2=C/C=O)CC1. The predicted octanol–water partition coefficient (Wildman–Crippen LogP) is 8.01. The van der Waals surface area contributed by atoms with Gasteiger partial charge >= 0.3 is 0 Å². The molecule has 188 valence electrons. The van der Waals surface area contributed by atoms with E-state index >= 15 is 0 Å². The summed E-state index contributed by atoms with van der Waals surface area (Å²) in [7, 11) is 0. The van der Waals surface area contributed by atoms with Crippen LogP contribution in [0, 0.1) is 49.7 Å². The summed E-state index contributed by atoms with van der Waals surface area (Å²) in [6, 6.07) is 2.18. The number of carbonyl (C=O) groups is 2. The van der Waals surface area contributed by atoms with E-state index in [0.29, 0.717) is 10.8 Å². The average Bonchev–Trinajstić information content (AvgIpc) is 2.74. The molecule has 3 aliphatic carbocycles. The van der Waals surface area contributed by atoms with Crippen molar-refractivity contribution in [3.8, 4) is 6.07 Å². The van der Waals surface area contributed by atoms with E-state index in [-0.39, 0.29) is 28.1 Å². The summed E-state index contributed by atoms with van der Waals surface area (Å²) >= 11 is 0. The molecular weight excluding hydrogens is 418 g/mol. The van der Waals surface area contributed by atoms with E-state index in [1.807, 2.05) is 19.9 Å². The van der Waals surface area contributed by atoms with Crippen LogP contribution < -0.4 is 0 Å². The molecule has 0 aromatic carbocycles. The summed E-state index contributed by atoms with van der Waals surface area (Å²) in [4.78, 5) is 25.1. The van der Waals surface area contributed by atoms with Crippen molar-refractivity contribution in [3.63, 3.8) is 0 Å². The molecule has 3 unspecified atom stereocenters. The van der Waals surface area contributed by atoms with Gasteiger partial charge in [-0.05, 0) is 85.0 Å². The van der Waals surface area contributed by atoms with Gasteiger partial charge in [0, 0.05) is 10.8 Å². The molecule has 0 N–H and O–H groups in total. The zero-order valence-electron chi connectivity index (χ0n) is 23.2. The number of hydrogen-bond acceptors (Lipinski definition) is 3. The highest BCUT2D eigenvalue weighted by atomic mass is 16.1. The standard InChI is InChI=1S/C31H47NO2/c1-26(2,3)13-14-28(6)15-17-29(7,18-16-28)31(9)12-10-23-27(4,5)25(34)22(21-32)20-30(23,8)24(31)11-19-33/h11,19-20,23H,10,12-18H2,1-9H3/b24-11-. The largest absolute Gasteiger partial charge is 0.299 e. The van der Waals surface area contributed by atoms with Crippen LogP contribution in [0.4, 0.5) is 0 Å².